The summed E-state index contributed by atoms with van der Waals surface area (Å²) in [5.74, 6) is 0.0980. The molecule has 1 aromatic carbocycles. The second-order valence-electron chi connectivity index (χ2n) is 5.23. The number of aryl methyl sites for hydroxylation is 2. The van der Waals surface area contributed by atoms with Crippen LogP contribution in [0.25, 0.3) is 0 Å². The molecule has 7 nitrogen and oxygen atoms in total. The van der Waals surface area contributed by atoms with E-state index in [1.165, 1.54) is 0 Å². The monoisotopic (exact) mass is 337 g/mol. The average molecular weight is 338 g/mol. The minimum atomic E-state index is -0.622. The molecule has 0 amide bonds. The van der Waals surface area contributed by atoms with Crippen LogP contribution in [0.15, 0.2) is 18.5 Å². The van der Waals surface area contributed by atoms with Crippen molar-refractivity contribution in [1.29, 1.82) is 0 Å². The second-order valence-corrected chi connectivity index (χ2v) is 5.61. The number of benzene rings is 1. The minimum Gasteiger partial charge on any atom is -0.470 e. The molecule has 2 rings (SSSR count). The van der Waals surface area contributed by atoms with E-state index < -0.39 is 10.6 Å². The molecule has 0 atom stereocenters. The van der Waals surface area contributed by atoms with Crippen LogP contribution in [-0.4, -0.2) is 21.0 Å². The van der Waals surface area contributed by atoms with Crippen molar-refractivity contribution >= 4 is 17.3 Å². The van der Waals surface area contributed by atoms with E-state index in [0.29, 0.717) is 10.8 Å². The highest BCUT2D eigenvalue weighted by molar-refractivity contribution is 6.32. The standard InChI is InChI=1S/C15H16ClN3O4/c1-8(2)22-14-13(19(20)21)15(18-7-17-14)23-11-5-9(3)12(16)10(4)6-11/h5-8H,1-4H3. The highest BCUT2D eigenvalue weighted by Crippen LogP contribution is 2.37. The molecular weight excluding hydrogens is 322 g/mol. The van der Waals surface area contributed by atoms with Crippen LogP contribution in [0.1, 0.15) is 25.0 Å². The summed E-state index contributed by atoms with van der Waals surface area (Å²) in [6.45, 7) is 7.14. The highest BCUT2D eigenvalue weighted by atomic mass is 35.5. The van der Waals surface area contributed by atoms with Crippen molar-refractivity contribution in [3.05, 3.63) is 44.7 Å². The lowest BCUT2D eigenvalue weighted by Crippen LogP contribution is -2.10. The van der Waals surface area contributed by atoms with Crippen molar-refractivity contribution in [2.75, 3.05) is 0 Å². The van der Waals surface area contributed by atoms with Gasteiger partial charge in [0.05, 0.1) is 11.0 Å². The van der Waals surface area contributed by atoms with Gasteiger partial charge in [-0.05, 0) is 51.0 Å². The summed E-state index contributed by atoms with van der Waals surface area (Å²) in [7, 11) is 0. The molecule has 1 heterocycles. The zero-order valence-electron chi connectivity index (χ0n) is 13.2. The number of rotatable bonds is 5. The van der Waals surface area contributed by atoms with Crippen LogP contribution in [0.4, 0.5) is 5.69 Å². The molecule has 0 aliphatic rings. The first kappa shape index (κ1) is 17.0. The van der Waals surface area contributed by atoms with Gasteiger partial charge in [-0.25, -0.2) is 0 Å². The fourth-order valence-electron chi connectivity index (χ4n) is 1.96. The number of ether oxygens (including phenoxy) is 2. The Bertz CT molecular complexity index is 726. The lowest BCUT2D eigenvalue weighted by Gasteiger charge is -2.12. The zero-order valence-corrected chi connectivity index (χ0v) is 13.9. The second kappa shape index (κ2) is 6.78. The smallest absolute Gasteiger partial charge is 0.392 e. The lowest BCUT2D eigenvalue weighted by molar-refractivity contribution is -0.387. The predicted octanol–water partition coefficient (Wildman–Crippen LogP) is 4.23. The topological polar surface area (TPSA) is 87.4 Å². The van der Waals surface area contributed by atoms with E-state index in [2.05, 4.69) is 9.97 Å². The Labute approximate surface area is 138 Å². The Kier molecular flexibility index (Phi) is 5.00. The minimum absolute atomic E-state index is 0.127. The summed E-state index contributed by atoms with van der Waals surface area (Å²) in [5.41, 5.74) is 1.19. The molecule has 0 saturated carbocycles. The van der Waals surface area contributed by atoms with E-state index in [-0.39, 0.29) is 17.9 Å². The molecule has 0 spiro atoms. The van der Waals surface area contributed by atoms with Gasteiger partial charge in [-0.2, -0.15) is 9.97 Å². The fourth-order valence-corrected chi connectivity index (χ4v) is 2.07. The van der Waals surface area contributed by atoms with Crippen LogP contribution in [0.3, 0.4) is 0 Å². The summed E-state index contributed by atoms with van der Waals surface area (Å²) in [5, 5.41) is 12.0. The van der Waals surface area contributed by atoms with E-state index in [1.54, 1.807) is 26.0 Å². The molecule has 0 unspecified atom stereocenters. The van der Waals surface area contributed by atoms with E-state index in [4.69, 9.17) is 21.1 Å². The highest BCUT2D eigenvalue weighted by Gasteiger charge is 2.27. The van der Waals surface area contributed by atoms with Gasteiger partial charge < -0.3 is 9.47 Å². The molecule has 0 N–H and O–H groups in total. The quantitative estimate of drug-likeness (QED) is 0.599. The number of nitro groups is 1. The average Bonchev–Trinajstić information content (AvgIpc) is 2.43. The summed E-state index contributed by atoms with van der Waals surface area (Å²) >= 11 is 6.11. The third-order valence-electron chi connectivity index (χ3n) is 2.91. The normalized spacial score (nSPS) is 10.7. The van der Waals surface area contributed by atoms with Gasteiger partial charge in [0.15, 0.2) is 0 Å². The van der Waals surface area contributed by atoms with Crippen LogP contribution < -0.4 is 9.47 Å². The molecule has 0 aliphatic heterocycles. The maximum Gasteiger partial charge on any atom is 0.392 e. The Morgan fingerprint density at radius 2 is 1.74 bits per heavy atom. The van der Waals surface area contributed by atoms with Gasteiger partial charge in [0.25, 0.3) is 0 Å². The summed E-state index contributed by atoms with van der Waals surface area (Å²) in [6.07, 6.45) is 0.895. The zero-order chi connectivity index (χ0) is 17.1. The van der Waals surface area contributed by atoms with Crippen molar-refractivity contribution < 1.29 is 14.4 Å². The maximum atomic E-state index is 11.3. The number of aromatic nitrogens is 2. The first-order chi connectivity index (χ1) is 10.8. The van der Waals surface area contributed by atoms with Crippen LogP contribution in [0, 0.1) is 24.0 Å². The summed E-state index contributed by atoms with van der Waals surface area (Å²) < 4.78 is 10.9. The molecule has 0 bridgehead atoms. The number of hydrogen-bond acceptors (Lipinski definition) is 6. The number of halogens is 1. The van der Waals surface area contributed by atoms with Crippen molar-refractivity contribution in [1.82, 2.24) is 9.97 Å². The molecule has 8 heteroatoms. The Balaban J connectivity index is 2.45. The van der Waals surface area contributed by atoms with Gasteiger partial charge in [0.1, 0.15) is 12.1 Å². The van der Waals surface area contributed by atoms with Gasteiger partial charge in [-0.15, -0.1) is 0 Å². The summed E-state index contributed by atoms with van der Waals surface area (Å²) in [6, 6.07) is 3.37. The van der Waals surface area contributed by atoms with Gasteiger partial charge in [0, 0.05) is 5.02 Å². The molecule has 0 radical (unpaired) electrons. The Morgan fingerprint density at radius 3 is 2.26 bits per heavy atom. The van der Waals surface area contributed by atoms with Crippen LogP contribution in [0.2, 0.25) is 5.02 Å². The maximum absolute atomic E-state index is 11.3. The van der Waals surface area contributed by atoms with Crippen LogP contribution in [0.5, 0.6) is 17.5 Å². The van der Waals surface area contributed by atoms with E-state index in [1.807, 2.05) is 13.8 Å². The van der Waals surface area contributed by atoms with Crippen molar-refractivity contribution in [3.63, 3.8) is 0 Å². The lowest BCUT2D eigenvalue weighted by atomic mass is 10.1. The molecule has 1 aromatic heterocycles. The van der Waals surface area contributed by atoms with Crippen molar-refractivity contribution in [3.8, 4) is 17.5 Å². The van der Waals surface area contributed by atoms with Crippen LogP contribution in [-0.2, 0) is 0 Å². The molecule has 122 valence electrons. The van der Waals surface area contributed by atoms with Crippen LogP contribution >= 0.6 is 11.6 Å². The molecule has 23 heavy (non-hydrogen) atoms. The van der Waals surface area contributed by atoms with E-state index in [9.17, 15) is 10.1 Å². The first-order valence-corrected chi connectivity index (χ1v) is 7.28. The van der Waals surface area contributed by atoms with E-state index >= 15 is 0 Å². The predicted molar refractivity (Wildman–Crippen MR) is 85.5 cm³/mol. The van der Waals surface area contributed by atoms with E-state index in [0.717, 1.165) is 17.5 Å². The molecule has 0 fully saturated rings. The molecule has 0 saturated heterocycles. The van der Waals surface area contributed by atoms with Gasteiger partial charge in [-0.1, -0.05) is 11.6 Å². The SMILES string of the molecule is Cc1cc(Oc2ncnc(OC(C)C)c2[N+](=O)[O-])cc(C)c1Cl. The fraction of sp³-hybridized carbons (Fsp3) is 0.333. The summed E-state index contributed by atoms with van der Waals surface area (Å²) in [4.78, 5) is 18.4. The van der Waals surface area contributed by atoms with Gasteiger partial charge in [-0.3, -0.25) is 10.1 Å². The third-order valence-corrected chi connectivity index (χ3v) is 3.51. The third kappa shape index (κ3) is 3.87. The Hall–Kier alpha value is -2.41. The molecule has 0 aliphatic carbocycles. The van der Waals surface area contributed by atoms with Gasteiger partial charge in [0.2, 0.25) is 0 Å². The molecule has 2 aromatic rings. The number of hydrogen-bond donors (Lipinski definition) is 0. The first-order valence-electron chi connectivity index (χ1n) is 6.90. The Morgan fingerprint density at radius 1 is 1.17 bits per heavy atom. The van der Waals surface area contributed by atoms with Crippen molar-refractivity contribution in [2.45, 2.75) is 33.8 Å². The molecular formula is C15H16ClN3O4. The number of nitrogens with zero attached hydrogens (tertiary/aromatic N) is 3. The van der Waals surface area contributed by atoms with Gasteiger partial charge >= 0.3 is 17.4 Å². The largest absolute Gasteiger partial charge is 0.470 e. The van der Waals surface area contributed by atoms with Crippen molar-refractivity contribution in [2.24, 2.45) is 0 Å².